The van der Waals surface area contributed by atoms with Crippen molar-refractivity contribution in [2.24, 2.45) is 5.92 Å². The molecule has 0 radical (unpaired) electrons. The number of fused-ring (bicyclic) bond motifs is 1. The second-order valence-electron chi connectivity index (χ2n) is 10.2. The van der Waals surface area contributed by atoms with Crippen molar-refractivity contribution in [3.8, 4) is 0 Å². The first-order valence-electron chi connectivity index (χ1n) is 13.6. The van der Waals surface area contributed by atoms with Crippen LogP contribution in [0.15, 0.2) is 85.1 Å². The number of ether oxygens (including phenoxy) is 1. The lowest BCUT2D eigenvalue weighted by atomic mass is 9.98. The molecule has 2 unspecified atom stereocenters. The number of carbonyl (C=O) groups excluding carboxylic acids is 3. The van der Waals surface area contributed by atoms with Crippen LogP contribution in [-0.2, 0) is 16.0 Å². The molecule has 3 amide bonds. The molecule has 0 aromatic heterocycles. The number of carboxylic acid groups (broad SMARTS) is 1. The van der Waals surface area contributed by atoms with Crippen LogP contribution >= 0.6 is 12.6 Å². The fourth-order valence-corrected chi connectivity index (χ4v) is 5.37. The highest BCUT2D eigenvalue weighted by molar-refractivity contribution is 7.80. The minimum absolute atomic E-state index is 0.108. The second kappa shape index (κ2) is 13.5. The van der Waals surface area contributed by atoms with Crippen molar-refractivity contribution in [1.29, 1.82) is 0 Å². The summed E-state index contributed by atoms with van der Waals surface area (Å²) in [7, 11) is 1.26. The fourth-order valence-electron chi connectivity index (χ4n) is 5.02. The standard InChI is InChI=1S/C32H33N3O6S/c1-21(33-29(36)25(20-42)13-12-22-8-4-3-5-9-22)18-26-19-35(32(39)40,28-11-7-6-10-27(26)28)34-30(37)23-14-16-24(17-15-23)31(38)41-2/h3-11,14-17,19,21,25H,12-13,18,20H2,1-2H3,(H3-,33,34,36,37,39,40,42)/p+1/t21-,25?,35?/m1/s1. The molecule has 0 saturated heterocycles. The monoisotopic (exact) mass is 588 g/mol. The van der Waals surface area contributed by atoms with Crippen LogP contribution in [0.1, 0.15) is 51.6 Å². The van der Waals surface area contributed by atoms with Gasteiger partial charge in [-0.05, 0) is 62.1 Å². The van der Waals surface area contributed by atoms with Gasteiger partial charge in [0.2, 0.25) is 5.91 Å². The first-order valence-corrected chi connectivity index (χ1v) is 14.2. The third kappa shape index (κ3) is 6.72. The molecule has 9 nitrogen and oxygen atoms in total. The van der Waals surface area contributed by atoms with Crippen LogP contribution in [0.3, 0.4) is 0 Å². The summed E-state index contributed by atoms with van der Waals surface area (Å²) in [6.07, 6.45) is 1.95. The molecule has 1 heterocycles. The van der Waals surface area contributed by atoms with E-state index in [-0.39, 0.29) is 29.0 Å². The van der Waals surface area contributed by atoms with Crippen molar-refractivity contribution in [2.75, 3.05) is 12.9 Å². The lowest BCUT2D eigenvalue weighted by Crippen LogP contribution is -2.60. The first kappa shape index (κ1) is 30.5. The number of amides is 3. The largest absolute Gasteiger partial charge is 0.549 e. The Hall–Kier alpha value is -4.41. The van der Waals surface area contributed by atoms with Crippen LogP contribution < -0.4 is 15.3 Å². The Balaban J connectivity index is 1.50. The topological polar surface area (TPSA) is 122 Å². The highest BCUT2D eigenvalue weighted by atomic mass is 32.1. The van der Waals surface area contributed by atoms with E-state index in [2.05, 4.69) is 28.1 Å². The first-order chi connectivity index (χ1) is 20.2. The van der Waals surface area contributed by atoms with Gasteiger partial charge in [0.05, 0.1) is 12.7 Å². The Morgan fingerprint density at radius 2 is 1.57 bits per heavy atom. The molecule has 3 aromatic rings. The lowest BCUT2D eigenvalue weighted by molar-refractivity contribution is -0.125. The number of aryl methyl sites for hydroxylation is 1. The second-order valence-corrected chi connectivity index (χ2v) is 10.6. The summed E-state index contributed by atoms with van der Waals surface area (Å²) in [5.74, 6) is -1.17. The summed E-state index contributed by atoms with van der Waals surface area (Å²) in [4.78, 5) is 50.8. The van der Waals surface area contributed by atoms with E-state index in [9.17, 15) is 24.3 Å². The Bertz CT molecular complexity index is 1490. The van der Waals surface area contributed by atoms with Crippen LogP contribution in [0.5, 0.6) is 0 Å². The summed E-state index contributed by atoms with van der Waals surface area (Å²) in [5.41, 5.74) is 5.94. The van der Waals surface area contributed by atoms with Gasteiger partial charge in [0.25, 0.3) is 5.91 Å². The molecule has 0 spiro atoms. The number of esters is 1. The van der Waals surface area contributed by atoms with Gasteiger partial charge in [0.15, 0.2) is 5.69 Å². The fraction of sp³-hybridized carbons (Fsp3) is 0.250. The quantitative estimate of drug-likeness (QED) is 0.146. The maximum absolute atomic E-state index is 13.2. The van der Waals surface area contributed by atoms with Gasteiger partial charge in [-0.1, -0.05) is 47.1 Å². The molecule has 10 heteroatoms. The summed E-state index contributed by atoms with van der Waals surface area (Å²) in [5, 5.41) is 13.4. The van der Waals surface area contributed by atoms with Gasteiger partial charge in [0, 0.05) is 40.5 Å². The molecule has 4 rings (SSSR count). The highest BCUT2D eigenvalue weighted by Gasteiger charge is 2.48. The van der Waals surface area contributed by atoms with E-state index in [4.69, 9.17) is 0 Å². The third-order valence-electron chi connectivity index (χ3n) is 7.26. The van der Waals surface area contributed by atoms with Gasteiger partial charge in [-0.25, -0.2) is 4.79 Å². The lowest BCUT2D eigenvalue weighted by Gasteiger charge is -2.25. The molecule has 1 aliphatic rings. The molecule has 0 aliphatic carbocycles. The SMILES string of the molecule is COC(=O)c1ccc(C(=O)N[N+]2(C(=O)O)C=C(C[C@@H](C)NC(=O)C(CS)CCc3ccccc3)c3ccccc32)cc1. The van der Waals surface area contributed by atoms with Gasteiger partial charge < -0.3 is 15.2 Å². The van der Waals surface area contributed by atoms with E-state index in [1.54, 1.807) is 24.3 Å². The minimum atomic E-state index is -1.30. The van der Waals surface area contributed by atoms with Crippen LogP contribution in [0.2, 0.25) is 0 Å². The van der Waals surface area contributed by atoms with E-state index in [1.165, 1.54) is 37.6 Å². The predicted octanol–water partition coefficient (Wildman–Crippen LogP) is 5.23. The maximum atomic E-state index is 13.2. The maximum Gasteiger partial charge on any atom is 0.549 e. The van der Waals surface area contributed by atoms with Crippen LogP contribution in [0.25, 0.3) is 5.57 Å². The van der Waals surface area contributed by atoms with Crippen LogP contribution in [0.4, 0.5) is 10.5 Å². The zero-order valence-electron chi connectivity index (χ0n) is 23.4. The summed E-state index contributed by atoms with van der Waals surface area (Å²) < 4.78 is 3.75. The van der Waals surface area contributed by atoms with Gasteiger partial charge in [-0.15, -0.1) is 0 Å². The zero-order valence-corrected chi connectivity index (χ0v) is 24.3. The number of quaternary nitrogens is 1. The van der Waals surface area contributed by atoms with Crippen LogP contribution in [-0.4, -0.2) is 47.9 Å². The van der Waals surface area contributed by atoms with Crippen molar-refractivity contribution in [2.45, 2.75) is 32.2 Å². The Morgan fingerprint density at radius 1 is 0.929 bits per heavy atom. The number of rotatable bonds is 10. The highest BCUT2D eigenvalue weighted by Crippen LogP contribution is 2.41. The molecular formula is C32H34N3O6S+. The number of methoxy groups -OCH3 is 1. The van der Waals surface area contributed by atoms with Gasteiger partial charge in [-0.3, -0.25) is 9.59 Å². The number of para-hydroxylation sites is 1. The van der Waals surface area contributed by atoms with Gasteiger partial charge in [0.1, 0.15) is 6.20 Å². The average molecular weight is 589 g/mol. The van der Waals surface area contributed by atoms with Gasteiger partial charge >= 0.3 is 12.1 Å². The third-order valence-corrected chi connectivity index (χ3v) is 7.70. The number of hydrogen-bond acceptors (Lipinski definition) is 6. The molecule has 0 fully saturated rings. The number of nitrogens with zero attached hydrogens (tertiary/aromatic N) is 1. The number of carbonyl (C=O) groups is 4. The van der Waals surface area contributed by atoms with Crippen molar-refractivity contribution < 1.29 is 29.0 Å². The molecule has 3 aromatic carbocycles. The van der Waals surface area contributed by atoms with Crippen molar-refractivity contribution in [3.63, 3.8) is 0 Å². The van der Waals surface area contributed by atoms with Crippen molar-refractivity contribution >= 4 is 47.8 Å². The van der Waals surface area contributed by atoms with Crippen LogP contribution in [0, 0.1) is 5.92 Å². The predicted molar refractivity (Wildman–Crippen MR) is 164 cm³/mol. The Kier molecular flexibility index (Phi) is 9.82. The molecule has 3 atom stereocenters. The van der Waals surface area contributed by atoms with Crippen molar-refractivity contribution in [1.82, 2.24) is 15.3 Å². The number of thiol groups is 1. The molecule has 42 heavy (non-hydrogen) atoms. The summed E-state index contributed by atoms with van der Waals surface area (Å²) in [6.45, 7) is 1.86. The van der Waals surface area contributed by atoms with E-state index in [0.29, 0.717) is 35.4 Å². The molecule has 0 bridgehead atoms. The summed E-state index contributed by atoms with van der Waals surface area (Å²) >= 11 is 4.40. The average Bonchev–Trinajstić information content (AvgIpc) is 3.31. The van der Waals surface area contributed by atoms with E-state index in [0.717, 1.165) is 12.0 Å². The van der Waals surface area contributed by atoms with E-state index >= 15 is 0 Å². The number of nitrogens with one attached hydrogen (secondary N) is 2. The molecule has 3 N–H and O–H groups in total. The Labute approximate surface area is 250 Å². The number of benzene rings is 3. The Morgan fingerprint density at radius 3 is 2.21 bits per heavy atom. The molecule has 1 aliphatic heterocycles. The molecular weight excluding hydrogens is 554 g/mol. The van der Waals surface area contributed by atoms with E-state index < -0.39 is 22.6 Å². The normalized spacial score (nSPS) is 16.9. The van der Waals surface area contributed by atoms with Gasteiger partial charge in [-0.2, -0.15) is 22.8 Å². The molecule has 0 saturated carbocycles. The van der Waals surface area contributed by atoms with E-state index in [1.807, 2.05) is 37.3 Å². The smallest absolute Gasteiger partial charge is 0.465 e. The zero-order chi connectivity index (χ0) is 30.3. The summed E-state index contributed by atoms with van der Waals surface area (Å²) in [6, 6.07) is 22.3. The minimum Gasteiger partial charge on any atom is -0.465 e. The molecule has 218 valence electrons. The number of hydrogen-bond donors (Lipinski definition) is 4. The van der Waals surface area contributed by atoms with Crippen molar-refractivity contribution in [3.05, 3.63) is 107 Å².